The SMILES string of the molecule is COC(=O)/C=C/c1ccc(N(C)C2C3CCOC3C2(C)C)c([N+](=O)[O-])c1. The molecule has 26 heavy (non-hydrogen) atoms. The van der Waals surface area contributed by atoms with E-state index in [0.717, 1.165) is 13.0 Å². The minimum Gasteiger partial charge on any atom is -0.466 e. The van der Waals surface area contributed by atoms with E-state index in [1.54, 1.807) is 12.1 Å². The number of fused-ring (bicyclic) bond motifs is 1. The van der Waals surface area contributed by atoms with Gasteiger partial charge in [-0.05, 0) is 24.1 Å². The molecule has 2 fully saturated rings. The predicted octanol–water partition coefficient (Wildman–Crippen LogP) is 3.03. The maximum Gasteiger partial charge on any atom is 0.330 e. The van der Waals surface area contributed by atoms with Gasteiger partial charge in [-0.1, -0.05) is 19.9 Å². The number of nitro groups is 1. The van der Waals surface area contributed by atoms with Crippen molar-refractivity contribution in [3.8, 4) is 0 Å². The Labute approximate surface area is 152 Å². The summed E-state index contributed by atoms with van der Waals surface area (Å²) in [6, 6.07) is 5.19. The van der Waals surface area contributed by atoms with Crippen LogP contribution in [0.1, 0.15) is 25.8 Å². The average molecular weight is 360 g/mol. The molecular weight excluding hydrogens is 336 g/mol. The number of carbonyl (C=O) groups excluding carboxylic acids is 1. The van der Waals surface area contributed by atoms with Gasteiger partial charge in [-0.25, -0.2) is 4.79 Å². The molecule has 1 saturated carbocycles. The van der Waals surface area contributed by atoms with Crippen LogP contribution >= 0.6 is 0 Å². The first-order valence-corrected chi connectivity index (χ1v) is 8.66. The van der Waals surface area contributed by atoms with Gasteiger partial charge in [0.15, 0.2) is 0 Å². The van der Waals surface area contributed by atoms with Gasteiger partial charge in [0.2, 0.25) is 0 Å². The van der Waals surface area contributed by atoms with Crippen molar-refractivity contribution >= 4 is 23.4 Å². The largest absolute Gasteiger partial charge is 0.466 e. The number of ether oxygens (including phenoxy) is 2. The Morgan fingerprint density at radius 1 is 1.46 bits per heavy atom. The van der Waals surface area contributed by atoms with Crippen LogP contribution in [-0.2, 0) is 14.3 Å². The molecule has 140 valence electrons. The van der Waals surface area contributed by atoms with Crippen molar-refractivity contribution in [1.82, 2.24) is 0 Å². The molecule has 0 spiro atoms. The molecule has 0 aromatic heterocycles. The molecule has 3 atom stereocenters. The lowest BCUT2D eigenvalue weighted by molar-refractivity contribution is -0.384. The standard InChI is InChI=1S/C19H24N2O5/c1-19(2)17(13-9-10-26-18(13)19)20(3)14-7-5-12(6-8-16(22)25-4)11-15(14)21(23)24/h5-8,11,13,17-18H,9-10H2,1-4H3/b8-6+. The first kappa shape index (κ1) is 18.4. The molecule has 1 heterocycles. The fraction of sp³-hybridized carbons (Fsp3) is 0.526. The number of carbonyl (C=O) groups is 1. The Morgan fingerprint density at radius 2 is 2.19 bits per heavy atom. The van der Waals surface area contributed by atoms with E-state index < -0.39 is 5.97 Å². The van der Waals surface area contributed by atoms with Crippen LogP contribution in [0.15, 0.2) is 24.3 Å². The Morgan fingerprint density at radius 3 is 2.85 bits per heavy atom. The van der Waals surface area contributed by atoms with E-state index in [4.69, 9.17) is 4.74 Å². The van der Waals surface area contributed by atoms with Crippen molar-refractivity contribution in [3.05, 3.63) is 40.0 Å². The average Bonchev–Trinajstić information content (AvgIpc) is 3.05. The van der Waals surface area contributed by atoms with Gasteiger partial charge in [0.05, 0.1) is 18.1 Å². The molecule has 1 aliphatic heterocycles. The molecule has 0 bridgehead atoms. The second kappa shape index (κ2) is 6.72. The second-order valence-electron chi connectivity index (χ2n) is 7.48. The molecule has 3 rings (SSSR count). The topological polar surface area (TPSA) is 81.9 Å². The highest BCUT2D eigenvalue weighted by atomic mass is 16.6. The Kier molecular flexibility index (Phi) is 4.75. The number of anilines is 1. The Balaban J connectivity index is 1.90. The van der Waals surface area contributed by atoms with E-state index in [0.29, 0.717) is 17.2 Å². The van der Waals surface area contributed by atoms with Gasteiger partial charge in [-0.15, -0.1) is 0 Å². The van der Waals surface area contributed by atoms with Gasteiger partial charge in [-0.3, -0.25) is 10.1 Å². The first-order valence-electron chi connectivity index (χ1n) is 8.66. The van der Waals surface area contributed by atoms with Gasteiger partial charge in [-0.2, -0.15) is 0 Å². The smallest absolute Gasteiger partial charge is 0.330 e. The van der Waals surface area contributed by atoms with Gasteiger partial charge < -0.3 is 14.4 Å². The zero-order valence-corrected chi connectivity index (χ0v) is 15.5. The summed E-state index contributed by atoms with van der Waals surface area (Å²) in [5.41, 5.74) is 1.12. The highest BCUT2D eigenvalue weighted by Crippen LogP contribution is 2.55. The molecule has 7 heteroatoms. The monoisotopic (exact) mass is 360 g/mol. The molecule has 0 amide bonds. The third kappa shape index (κ3) is 2.96. The lowest BCUT2D eigenvalue weighted by Crippen LogP contribution is -2.66. The van der Waals surface area contributed by atoms with Crippen LogP contribution in [0.5, 0.6) is 0 Å². The van der Waals surface area contributed by atoms with Crippen LogP contribution in [0, 0.1) is 21.4 Å². The summed E-state index contributed by atoms with van der Waals surface area (Å²) in [5, 5.41) is 11.6. The van der Waals surface area contributed by atoms with Crippen molar-refractivity contribution in [2.45, 2.75) is 32.4 Å². The van der Waals surface area contributed by atoms with Crippen molar-refractivity contribution in [3.63, 3.8) is 0 Å². The molecular formula is C19H24N2O5. The number of hydrogen-bond acceptors (Lipinski definition) is 6. The lowest BCUT2D eigenvalue weighted by Gasteiger charge is -2.58. The summed E-state index contributed by atoms with van der Waals surface area (Å²) in [4.78, 5) is 24.5. The molecule has 2 aliphatic rings. The highest BCUT2D eigenvalue weighted by molar-refractivity contribution is 5.87. The van der Waals surface area contributed by atoms with E-state index in [1.807, 2.05) is 11.9 Å². The van der Waals surface area contributed by atoms with Crippen LogP contribution in [0.2, 0.25) is 0 Å². The molecule has 1 saturated heterocycles. The molecule has 0 N–H and O–H groups in total. The number of esters is 1. The zero-order valence-electron chi connectivity index (χ0n) is 15.5. The van der Waals surface area contributed by atoms with E-state index in [-0.39, 0.29) is 28.2 Å². The third-order valence-corrected chi connectivity index (χ3v) is 5.65. The number of nitro benzene ring substituents is 1. The number of benzene rings is 1. The number of nitrogens with zero attached hydrogens (tertiary/aromatic N) is 2. The van der Waals surface area contributed by atoms with Crippen molar-refractivity contribution in [1.29, 1.82) is 0 Å². The summed E-state index contributed by atoms with van der Waals surface area (Å²) < 4.78 is 10.4. The normalized spacial score (nSPS) is 26.2. The summed E-state index contributed by atoms with van der Waals surface area (Å²) in [6.45, 7) is 5.06. The quantitative estimate of drug-likeness (QED) is 0.347. The maximum atomic E-state index is 11.6. The second-order valence-corrected chi connectivity index (χ2v) is 7.48. The van der Waals surface area contributed by atoms with Crippen molar-refractivity contribution < 1.29 is 19.2 Å². The van der Waals surface area contributed by atoms with Gasteiger partial charge in [0.25, 0.3) is 5.69 Å². The maximum absolute atomic E-state index is 11.6. The van der Waals surface area contributed by atoms with Crippen LogP contribution in [0.4, 0.5) is 11.4 Å². The number of methoxy groups -OCH3 is 1. The van der Waals surface area contributed by atoms with E-state index >= 15 is 0 Å². The zero-order chi connectivity index (χ0) is 19.1. The number of rotatable bonds is 5. The molecule has 7 nitrogen and oxygen atoms in total. The van der Waals surface area contributed by atoms with Gasteiger partial charge >= 0.3 is 5.97 Å². The third-order valence-electron chi connectivity index (χ3n) is 5.65. The molecule has 1 aliphatic carbocycles. The highest BCUT2D eigenvalue weighted by Gasteiger charge is 2.61. The van der Waals surface area contributed by atoms with Crippen LogP contribution < -0.4 is 4.90 Å². The minimum absolute atomic E-state index is 0.0256. The fourth-order valence-electron chi connectivity index (χ4n) is 4.55. The first-order chi connectivity index (χ1) is 12.3. The summed E-state index contributed by atoms with van der Waals surface area (Å²) in [5.74, 6) is -0.106. The lowest BCUT2D eigenvalue weighted by atomic mass is 9.56. The predicted molar refractivity (Wildman–Crippen MR) is 98.0 cm³/mol. The molecule has 1 aromatic rings. The minimum atomic E-state index is -0.502. The van der Waals surface area contributed by atoms with E-state index in [1.165, 1.54) is 25.3 Å². The molecule has 3 unspecified atom stereocenters. The van der Waals surface area contributed by atoms with Crippen LogP contribution in [0.25, 0.3) is 6.08 Å². The van der Waals surface area contributed by atoms with Crippen molar-refractivity contribution in [2.24, 2.45) is 11.3 Å². The van der Waals surface area contributed by atoms with Crippen LogP contribution in [0.3, 0.4) is 0 Å². The molecule has 0 radical (unpaired) electrons. The number of hydrogen-bond donors (Lipinski definition) is 0. The van der Waals surface area contributed by atoms with E-state index in [2.05, 4.69) is 18.6 Å². The van der Waals surface area contributed by atoms with Gasteiger partial charge in [0.1, 0.15) is 5.69 Å². The van der Waals surface area contributed by atoms with Crippen molar-refractivity contribution in [2.75, 3.05) is 25.7 Å². The summed E-state index contributed by atoms with van der Waals surface area (Å²) in [7, 11) is 3.20. The summed E-state index contributed by atoms with van der Waals surface area (Å²) in [6.07, 6.45) is 3.96. The van der Waals surface area contributed by atoms with E-state index in [9.17, 15) is 14.9 Å². The molecule has 1 aromatic carbocycles. The van der Waals surface area contributed by atoms with Gasteiger partial charge in [0, 0.05) is 43.2 Å². The fourth-order valence-corrected chi connectivity index (χ4v) is 4.55. The Bertz CT molecular complexity index is 758. The summed E-state index contributed by atoms with van der Waals surface area (Å²) >= 11 is 0. The van der Waals surface area contributed by atoms with Crippen LogP contribution in [-0.4, -0.2) is 43.8 Å². The Hall–Kier alpha value is -2.41.